The van der Waals surface area contributed by atoms with Gasteiger partial charge in [0.05, 0.1) is 10.6 Å². The van der Waals surface area contributed by atoms with Crippen LogP contribution < -0.4 is 10.5 Å². The van der Waals surface area contributed by atoms with Gasteiger partial charge in [-0.1, -0.05) is 41.6 Å². The molecule has 0 fully saturated rings. The van der Waals surface area contributed by atoms with Crippen molar-refractivity contribution in [1.82, 2.24) is 0 Å². The lowest BCUT2D eigenvalue weighted by Gasteiger charge is -2.11. The number of benzene rings is 3. The third kappa shape index (κ3) is 5.95. The van der Waals surface area contributed by atoms with Gasteiger partial charge in [0.25, 0.3) is 0 Å². The third-order valence-corrected chi connectivity index (χ3v) is 6.05. The molecule has 0 aliphatic heterocycles. The van der Waals surface area contributed by atoms with Crippen molar-refractivity contribution in [2.24, 2.45) is 16.1 Å². The lowest BCUT2D eigenvalue weighted by Crippen LogP contribution is -2.14. The maximum absolute atomic E-state index is 14.7. The van der Waals surface area contributed by atoms with Gasteiger partial charge < -0.3 is 10.5 Å². The smallest absolute Gasteiger partial charge is 0.182 e. The minimum Gasteiger partial charge on any atom is -0.454 e. The number of nitrogens with one attached hydrogen (secondary N) is 1. The Labute approximate surface area is 179 Å². The number of hydrogen-bond donors (Lipinski definition) is 2. The third-order valence-electron chi connectivity index (χ3n) is 4.36. The summed E-state index contributed by atoms with van der Waals surface area (Å²) < 4.78 is 45.5. The van der Waals surface area contributed by atoms with Crippen molar-refractivity contribution in [2.75, 3.05) is 0 Å². The quantitative estimate of drug-likeness (QED) is 0.227. The van der Waals surface area contributed by atoms with Crippen LogP contribution in [0.5, 0.6) is 11.5 Å². The van der Waals surface area contributed by atoms with Gasteiger partial charge in [0.2, 0.25) is 0 Å². The van der Waals surface area contributed by atoms with Crippen LogP contribution in [0.3, 0.4) is 0 Å². The minimum atomic E-state index is -3.70. The molecule has 3 aromatic rings. The van der Waals surface area contributed by atoms with Crippen LogP contribution in [0.25, 0.3) is 0 Å². The molecule has 7 nitrogen and oxygen atoms in total. The fourth-order valence-electron chi connectivity index (χ4n) is 3.06. The number of aryl methyl sites for hydroxylation is 1. The van der Waals surface area contributed by atoms with Crippen molar-refractivity contribution in [3.8, 4) is 11.5 Å². The molecule has 0 aliphatic rings. The van der Waals surface area contributed by atoms with Crippen molar-refractivity contribution in [1.29, 1.82) is 5.53 Å². The first-order valence-corrected chi connectivity index (χ1v) is 11.0. The first-order valence-electron chi connectivity index (χ1n) is 9.30. The average molecular weight is 441 g/mol. The first kappa shape index (κ1) is 22.1. The fourth-order valence-corrected chi connectivity index (χ4v) is 4.41. The van der Waals surface area contributed by atoms with E-state index in [0.717, 1.165) is 17.2 Å². The minimum absolute atomic E-state index is 0.0991. The Morgan fingerprint density at radius 3 is 2.48 bits per heavy atom. The van der Waals surface area contributed by atoms with Gasteiger partial charge in [-0.25, -0.2) is 12.8 Å². The molecular weight excluding hydrogens is 419 g/mol. The standard InChI is InChI=1S/C22H21FN4O3S/c1-15-9-17(12-22(24)26-27-25)11-18(10-15)30-21-8-7-19(13-20(21)23)31(28,29)14-16-5-3-2-4-6-16/h2-11,13H,12,14H2,1H3,(H3,24,25,26). The van der Waals surface area contributed by atoms with Gasteiger partial charge in [-0.3, -0.25) is 0 Å². The Hall–Kier alpha value is -3.59. The number of sulfone groups is 1. The number of halogens is 1. The highest BCUT2D eigenvalue weighted by Gasteiger charge is 2.18. The number of nitrogens with two attached hydrogens (primary N) is 1. The van der Waals surface area contributed by atoms with Gasteiger partial charge in [-0.15, -0.1) is 5.10 Å². The van der Waals surface area contributed by atoms with E-state index in [9.17, 15) is 12.8 Å². The number of amidine groups is 1. The molecule has 3 aromatic carbocycles. The predicted octanol–water partition coefficient (Wildman–Crippen LogP) is 4.75. The van der Waals surface area contributed by atoms with Gasteiger partial charge in [0.15, 0.2) is 21.4 Å². The Kier molecular flexibility index (Phi) is 6.76. The van der Waals surface area contributed by atoms with Crippen LogP contribution in [-0.4, -0.2) is 14.3 Å². The molecule has 0 atom stereocenters. The van der Waals surface area contributed by atoms with Gasteiger partial charge in [-0.05, 0) is 53.9 Å². The van der Waals surface area contributed by atoms with Crippen LogP contribution >= 0.6 is 0 Å². The molecule has 0 radical (unpaired) electrons. The van der Waals surface area contributed by atoms with E-state index in [1.54, 1.807) is 42.5 Å². The zero-order valence-electron chi connectivity index (χ0n) is 16.7. The zero-order chi connectivity index (χ0) is 22.4. The van der Waals surface area contributed by atoms with Crippen LogP contribution in [0.1, 0.15) is 16.7 Å². The largest absolute Gasteiger partial charge is 0.454 e. The molecule has 3 N–H and O–H groups in total. The zero-order valence-corrected chi connectivity index (χ0v) is 17.6. The maximum Gasteiger partial charge on any atom is 0.182 e. The van der Waals surface area contributed by atoms with Gasteiger partial charge in [0.1, 0.15) is 11.6 Å². The van der Waals surface area contributed by atoms with Crippen LogP contribution in [-0.2, 0) is 22.0 Å². The molecule has 31 heavy (non-hydrogen) atoms. The number of hydrogen-bond acceptors (Lipinski definition) is 5. The van der Waals surface area contributed by atoms with E-state index < -0.39 is 15.7 Å². The molecule has 0 amide bonds. The molecule has 0 heterocycles. The van der Waals surface area contributed by atoms with E-state index >= 15 is 0 Å². The predicted molar refractivity (Wildman–Crippen MR) is 115 cm³/mol. The summed E-state index contributed by atoms with van der Waals surface area (Å²) >= 11 is 0. The SMILES string of the molecule is Cc1cc(C/C(N)=N/N=N)cc(Oc2ccc(S(=O)(=O)Cc3ccccc3)cc2F)c1. The van der Waals surface area contributed by atoms with Crippen molar-refractivity contribution in [3.63, 3.8) is 0 Å². The van der Waals surface area contributed by atoms with Crippen LogP contribution in [0.15, 0.2) is 82.0 Å². The molecule has 0 spiro atoms. The van der Waals surface area contributed by atoms with Crippen molar-refractivity contribution in [3.05, 3.63) is 89.2 Å². The van der Waals surface area contributed by atoms with E-state index in [1.807, 2.05) is 13.0 Å². The Morgan fingerprint density at radius 2 is 1.81 bits per heavy atom. The summed E-state index contributed by atoms with van der Waals surface area (Å²) in [4.78, 5) is -0.116. The highest BCUT2D eigenvalue weighted by molar-refractivity contribution is 7.90. The monoisotopic (exact) mass is 440 g/mol. The average Bonchev–Trinajstić information content (AvgIpc) is 2.69. The molecule has 160 valence electrons. The second-order valence-corrected chi connectivity index (χ2v) is 8.95. The molecule has 9 heteroatoms. The van der Waals surface area contributed by atoms with Crippen molar-refractivity contribution < 1.29 is 17.5 Å². The summed E-state index contributed by atoms with van der Waals surface area (Å²) in [6.45, 7) is 1.84. The number of ether oxygens (including phenoxy) is 1. The first-order chi connectivity index (χ1) is 14.8. The van der Waals surface area contributed by atoms with E-state index in [-0.39, 0.29) is 28.7 Å². The van der Waals surface area contributed by atoms with Crippen molar-refractivity contribution >= 4 is 15.7 Å². The fraction of sp³-hybridized carbons (Fsp3) is 0.136. The van der Waals surface area contributed by atoms with Gasteiger partial charge >= 0.3 is 0 Å². The van der Waals surface area contributed by atoms with E-state index in [2.05, 4.69) is 10.3 Å². The molecule has 0 aliphatic carbocycles. The van der Waals surface area contributed by atoms with E-state index in [1.165, 1.54) is 12.1 Å². The summed E-state index contributed by atoms with van der Waals surface area (Å²) in [5.74, 6) is -0.582. The topological polar surface area (TPSA) is 118 Å². The van der Waals surface area contributed by atoms with Crippen LogP contribution in [0, 0.1) is 18.3 Å². The molecular formula is C22H21FN4O3S. The molecule has 0 saturated carbocycles. The van der Waals surface area contributed by atoms with Crippen LogP contribution in [0.2, 0.25) is 0 Å². The van der Waals surface area contributed by atoms with E-state index in [0.29, 0.717) is 11.3 Å². The van der Waals surface area contributed by atoms with Gasteiger partial charge in [-0.2, -0.15) is 5.53 Å². The maximum atomic E-state index is 14.7. The Balaban J connectivity index is 1.81. The molecule has 0 saturated heterocycles. The normalized spacial score (nSPS) is 11.9. The molecule has 0 bridgehead atoms. The highest BCUT2D eigenvalue weighted by atomic mass is 32.2. The molecule has 3 rings (SSSR count). The summed E-state index contributed by atoms with van der Waals surface area (Å²) in [6, 6.07) is 17.5. The molecule has 0 aromatic heterocycles. The second-order valence-electron chi connectivity index (χ2n) is 6.96. The van der Waals surface area contributed by atoms with Crippen LogP contribution in [0.4, 0.5) is 4.39 Å². The highest BCUT2D eigenvalue weighted by Crippen LogP contribution is 2.29. The molecule has 0 unspecified atom stereocenters. The Bertz CT molecular complexity index is 1230. The summed E-state index contributed by atoms with van der Waals surface area (Å²) in [5.41, 5.74) is 14.6. The Morgan fingerprint density at radius 1 is 1.06 bits per heavy atom. The lowest BCUT2D eigenvalue weighted by molar-refractivity contribution is 0.440. The number of rotatable bonds is 8. The van der Waals surface area contributed by atoms with E-state index in [4.69, 9.17) is 16.0 Å². The number of nitrogens with zero attached hydrogens (tertiary/aromatic N) is 2. The summed E-state index contributed by atoms with van der Waals surface area (Å²) in [7, 11) is -3.70. The lowest BCUT2D eigenvalue weighted by atomic mass is 10.1. The summed E-state index contributed by atoms with van der Waals surface area (Å²) in [5, 5.41) is 6.36. The summed E-state index contributed by atoms with van der Waals surface area (Å²) in [6.07, 6.45) is 0.250. The van der Waals surface area contributed by atoms with Crippen molar-refractivity contribution in [2.45, 2.75) is 24.0 Å². The second kappa shape index (κ2) is 9.48. The van der Waals surface area contributed by atoms with Gasteiger partial charge in [0, 0.05) is 6.42 Å².